The highest BCUT2D eigenvalue weighted by molar-refractivity contribution is 7.99. The Morgan fingerprint density at radius 3 is 2.22 bits per heavy atom. The molecule has 10 nitrogen and oxygen atoms in total. The number of rotatable bonds is 8. The molecule has 0 spiro atoms. The highest BCUT2D eigenvalue weighted by Gasteiger charge is 2.21. The minimum atomic E-state index is -0.705. The topological polar surface area (TPSA) is 121 Å². The highest BCUT2D eigenvalue weighted by atomic mass is 32.2. The maximum atomic E-state index is 12.7. The van der Waals surface area contributed by atoms with Gasteiger partial charge in [-0.25, -0.2) is 4.79 Å². The molecule has 3 aromatic rings. The fourth-order valence-corrected chi connectivity index (χ4v) is 4.21. The van der Waals surface area contributed by atoms with E-state index in [1.807, 2.05) is 31.3 Å². The summed E-state index contributed by atoms with van der Waals surface area (Å²) in [4.78, 5) is 39.3. The van der Waals surface area contributed by atoms with Gasteiger partial charge in [-0.2, -0.15) is 0 Å². The number of carbonyl (C=O) groups excluding carboxylic acids is 1. The van der Waals surface area contributed by atoms with Crippen molar-refractivity contribution < 1.29 is 4.79 Å². The van der Waals surface area contributed by atoms with Gasteiger partial charge < -0.3 is 15.2 Å². The van der Waals surface area contributed by atoms with Crippen LogP contribution in [0.15, 0.2) is 39.0 Å². The maximum absolute atomic E-state index is 12.7. The van der Waals surface area contributed by atoms with Crippen molar-refractivity contribution in [3.05, 3.63) is 50.7 Å². The number of hydrogen-bond acceptors (Lipinski definition) is 8. The van der Waals surface area contributed by atoms with Crippen LogP contribution >= 0.6 is 11.8 Å². The predicted octanol–water partition coefficient (Wildman–Crippen LogP) is 1.28. The second-order valence-electron chi connectivity index (χ2n) is 7.26. The fourth-order valence-electron chi connectivity index (χ4n) is 3.43. The number of carbonyl (C=O) groups is 1. The molecule has 2 N–H and O–H groups in total. The number of nitrogens with two attached hydrogens (primary N) is 1. The van der Waals surface area contributed by atoms with Crippen LogP contribution in [0.25, 0.3) is 11.4 Å². The number of ketones is 1. The van der Waals surface area contributed by atoms with Gasteiger partial charge in [-0.05, 0) is 38.1 Å². The van der Waals surface area contributed by atoms with Gasteiger partial charge in [-0.3, -0.25) is 18.7 Å². The Bertz CT molecular complexity index is 1250. The molecule has 0 aliphatic carbocycles. The average molecular weight is 458 g/mol. The van der Waals surface area contributed by atoms with Gasteiger partial charge in [0.1, 0.15) is 11.4 Å². The zero-order valence-electron chi connectivity index (χ0n) is 18.8. The van der Waals surface area contributed by atoms with Crippen LogP contribution in [0.2, 0.25) is 0 Å². The number of anilines is 2. The van der Waals surface area contributed by atoms with E-state index in [0.717, 1.165) is 45.2 Å². The van der Waals surface area contributed by atoms with Crippen molar-refractivity contribution in [2.24, 2.45) is 21.1 Å². The molecule has 0 atom stereocenters. The molecule has 11 heteroatoms. The zero-order valence-corrected chi connectivity index (χ0v) is 19.6. The third-order valence-electron chi connectivity index (χ3n) is 5.41. The summed E-state index contributed by atoms with van der Waals surface area (Å²) in [6.45, 7) is 6.09. The zero-order chi connectivity index (χ0) is 23.6. The molecule has 0 amide bonds. The lowest BCUT2D eigenvalue weighted by molar-refractivity contribution is 0.102. The lowest BCUT2D eigenvalue weighted by Gasteiger charge is -2.21. The fraction of sp³-hybridized carbons (Fsp3) is 0.381. The van der Waals surface area contributed by atoms with E-state index >= 15 is 0 Å². The molecule has 32 heavy (non-hydrogen) atoms. The van der Waals surface area contributed by atoms with Crippen molar-refractivity contribution in [3.8, 4) is 11.4 Å². The summed E-state index contributed by atoms with van der Waals surface area (Å²) in [5, 5.41) is 8.97. The van der Waals surface area contributed by atoms with Crippen molar-refractivity contribution in [1.29, 1.82) is 0 Å². The van der Waals surface area contributed by atoms with Crippen LogP contribution in [0.1, 0.15) is 24.2 Å². The molecule has 0 bridgehead atoms. The van der Waals surface area contributed by atoms with Crippen molar-refractivity contribution >= 4 is 29.1 Å². The van der Waals surface area contributed by atoms with Gasteiger partial charge >= 0.3 is 5.69 Å². The lowest BCUT2D eigenvalue weighted by atomic mass is 10.2. The van der Waals surface area contributed by atoms with Gasteiger partial charge in [0.2, 0.25) is 0 Å². The minimum absolute atomic E-state index is 0.0650. The van der Waals surface area contributed by atoms with Crippen molar-refractivity contribution in [1.82, 2.24) is 23.9 Å². The quantitative estimate of drug-likeness (QED) is 0.397. The van der Waals surface area contributed by atoms with Crippen LogP contribution in [0.3, 0.4) is 0 Å². The molecule has 0 fully saturated rings. The third kappa shape index (κ3) is 4.20. The van der Waals surface area contributed by atoms with Gasteiger partial charge in [0.15, 0.2) is 16.8 Å². The van der Waals surface area contributed by atoms with Crippen LogP contribution in [-0.2, 0) is 21.1 Å². The monoisotopic (exact) mass is 457 g/mol. The Balaban J connectivity index is 1.80. The molecule has 0 aliphatic rings. The van der Waals surface area contributed by atoms with E-state index < -0.39 is 17.0 Å². The molecule has 1 aromatic carbocycles. The van der Waals surface area contributed by atoms with E-state index in [1.54, 1.807) is 4.57 Å². The number of thioether (sulfide) groups is 1. The normalized spacial score (nSPS) is 11.0. The Hall–Kier alpha value is -3.34. The molecule has 2 aromatic heterocycles. The largest absolute Gasteiger partial charge is 0.384 e. The van der Waals surface area contributed by atoms with Crippen molar-refractivity contribution in [2.75, 3.05) is 29.5 Å². The average Bonchev–Trinajstić information content (AvgIpc) is 3.16. The molecular weight excluding hydrogens is 430 g/mol. The second kappa shape index (κ2) is 9.43. The summed E-state index contributed by atoms with van der Waals surface area (Å²) in [6, 6.07) is 8.08. The van der Waals surface area contributed by atoms with Gasteiger partial charge in [0, 0.05) is 45.5 Å². The number of hydrogen-bond donors (Lipinski definition) is 1. The summed E-state index contributed by atoms with van der Waals surface area (Å²) in [7, 11) is 4.55. The summed E-state index contributed by atoms with van der Waals surface area (Å²) in [5.41, 5.74) is 6.43. The second-order valence-corrected chi connectivity index (χ2v) is 8.20. The molecule has 0 saturated carbocycles. The first-order chi connectivity index (χ1) is 15.2. The molecule has 0 unspecified atom stereocenters. The predicted molar refractivity (Wildman–Crippen MR) is 126 cm³/mol. The SMILES string of the molecule is CCN(CC)c1ccc(-c2nnc(SCC(=O)c3c(N)n(C)c(=O)n(C)c3=O)n2C)cc1. The standard InChI is InChI=1S/C21H27N7O3S/c1-6-28(7-2)14-10-8-13(9-11-14)18-23-24-20(26(18)4)32-12-15(29)16-17(22)25(3)21(31)27(5)19(16)30/h8-11H,6-7,12,22H2,1-5H3. The van der Waals surface area contributed by atoms with Crippen molar-refractivity contribution in [3.63, 3.8) is 0 Å². The molecule has 0 aliphatic heterocycles. The Labute approximate surface area is 189 Å². The number of aromatic nitrogens is 5. The van der Waals surface area contributed by atoms with Gasteiger partial charge in [-0.1, -0.05) is 11.8 Å². The molecular formula is C21H27N7O3S. The van der Waals surface area contributed by atoms with Crippen LogP contribution in [0.4, 0.5) is 11.5 Å². The first-order valence-electron chi connectivity index (χ1n) is 10.2. The first kappa shape index (κ1) is 23.3. The van der Waals surface area contributed by atoms with Gasteiger partial charge in [0.25, 0.3) is 5.56 Å². The molecule has 3 rings (SSSR count). The summed E-state index contributed by atoms with van der Waals surface area (Å²) < 4.78 is 3.75. The van der Waals surface area contributed by atoms with Crippen LogP contribution in [-0.4, -0.2) is 48.5 Å². The number of nitrogens with zero attached hydrogens (tertiary/aromatic N) is 6. The van der Waals surface area contributed by atoms with Crippen LogP contribution in [0, 0.1) is 0 Å². The van der Waals surface area contributed by atoms with E-state index in [-0.39, 0.29) is 17.1 Å². The smallest absolute Gasteiger partial charge is 0.332 e. The molecule has 170 valence electrons. The Morgan fingerprint density at radius 2 is 1.62 bits per heavy atom. The van der Waals surface area contributed by atoms with Crippen molar-refractivity contribution in [2.45, 2.75) is 19.0 Å². The number of benzene rings is 1. The Morgan fingerprint density at radius 1 is 1.00 bits per heavy atom. The number of Topliss-reactive ketones (excluding diaryl/α,β-unsaturated/α-hetero) is 1. The number of nitrogen functional groups attached to an aromatic ring is 1. The lowest BCUT2D eigenvalue weighted by Crippen LogP contribution is -2.41. The third-order valence-corrected chi connectivity index (χ3v) is 6.43. The highest BCUT2D eigenvalue weighted by Crippen LogP contribution is 2.25. The van der Waals surface area contributed by atoms with E-state index in [9.17, 15) is 14.4 Å². The Kier molecular flexibility index (Phi) is 6.87. The van der Waals surface area contributed by atoms with E-state index in [4.69, 9.17) is 5.73 Å². The van der Waals surface area contributed by atoms with Gasteiger partial charge in [-0.15, -0.1) is 10.2 Å². The van der Waals surface area contributed by atoms with E-state index in [2.05, 4.69) is 28.9 Å². The summed E-state index contributed by atoms with van der Waals surface area (Å²) in [6.07, 6.45) is 0. The molecule has 0 saturated heterocycles. The molecule has 0 radical (unpaired) electrons. The van der Waals surface area contributed by atoms with Gasteiger partial charge in [0.05, 0.1) is 5.75 Å². The van der Waals surface area contributed by atoms with E-state index in [0.29, 0.717) is 11.0 Å². The summed E-state index contributed by atoms with van der Waals surface area (Å²) >= 11 is 1.15. The maximum Gasteiger partial charge on any atom is 0.332 e. The minimum Gasteiger partial charge on any atom is -0.384 e. The summed E-state index contributed by atoms with van der Waals surface area (Å²) in [5.74, 6) is -0.0131. The molecule has 2 heterocycles. The first-order valence-corrected chi connectivity index (χ1v) is 11.2. The van der Waals surface area contributed by atoms with E-state index in [1.165, 1.54) is 14.1 Å². The van der Waals surface area contributed by atoms with Crippen LogP contribution < -0.4 is 21.9 Å². The van der Waals surface area contributed by atoms with Crippen LogP contribution in [0.5, 0.6) is 0 Å².